The molecule has 108 valence electrons. The molecular weight excluding hydrogens is 269 g/mol. The summed E-state index contributed by atoms with van der Waals surface area (Å²) in [5, 5.41) is 0. The van der Waals surface area contributed by atoms with Gasteiger partial charge in [0.15, 0.2) is 25.8 Å². The molecule has 0 saturated heterocycles. The Labute approximate surface area is 113 Å². The molecular formula is C14H21F3OSi. The van der Waals surface area contributed by atoms with E-state index in [4.69, 9.17) is 0 Å². The first-order valence-corrected chi connectivity index (χ1v) is 8.85. The van der Waals surface area contributed by atoms with E-state index in [1.165, 1.54) is 0 Å². The Kier molecular flexibility index (Phi) is 5.21. The predicted molar refractivity (Wildman–Crippen MR) is 73.0 cm³/mol. The number of hydrogen-bond donors (Lipinski definition) is 1. The zero-order chi connectivity index (χ0) is 14.8. The molecule has 5 heteroatoms. The minimum atomic E-state index is -2.47. The molecule has 0 fully saturated rings. The molecule has 1 N–H and O–H groups in total. The third-order valence-electron chi connectivity index (χ3n) is 3.86. The normalized spacial score (nSPS) is 12.5. The van der Waals surface area contributed by atoms with Gasteiger partial charge in [-0.05, 0) is 41.2 Å². The summed E-state index contributed by atoms with van der Waals surface area (Å²) in [5.74, 6) is -3.78. The second-order valence-electron chi connectivity index (χ2n) is 5.67. The Hall–Kier alpha value is -0.813. The number of benzene rings is 1. The van der Waals surface area contributed by atoms with Crippen LogP contribution in [0.1, 0.15) is 33.3 Å². The van der Waals surface area contributed by atoms with Crippen molar-refractivity contribution in [2.45, 2.75) is 51.2 Å². The lowest BCUT2D eigenvalue weighted by Crippen LogP contribution is -2.41. The molecule has 0 unspecified atom stereocenters. The van der Waals surface area contributed by atoms with Crippen LogP contribution in [0.5, 0.6) is 0 Å². The summed E-state index contributed by atoms with van der Waals surface area (Å²) in [6.07, 6.45) is 0.368. The Morgan fingerprint density at radius 3 is 1.79 bits per heavy atom. The van der Waals surface area contributed by atoms with Gasteiger partial charge in [-0.25, -0.2) is 13.2 Å². The summed E-state index contributed by atoms with van der Waals surface area (Å²) in [4.78, 5) is 10.7. The van der Waals surface area contributed by atoms with Crippen molar-refractivity contribution in [1.29, 1.82) is 0 Å². The van der Waals surface area contributed by atoms with E-state index >= 15 is 0 Å². The maximum absolute atomic E-state index is 13.1. The van der Waals surface area contributed by atoms with Gasteiger partial charge in [-0.1, -0.05) is 27.7 Å². The zero-order valence-corrected chi connectivity index (χ0v) is 12.8. The highest BCUT2D eigenvalue weighted by molar-refractivity contribution is 6.75. The minimum Gasteiger partial charge on any atom is -0.431 e. The lowest BCUT2D eigenvalue weighted by molar-refractivity contribution is 0.445. The molecule has 0 spiro atoms. The van der Waals surface area contributed by atoms with Crippen molar-refractivity contribution in [2.75, 3.05) is 0 Å². The standard InChI is InChI=1S/C14H21F3OSi/c1-9(2)19(18,10(3)4)6-5-11-7-12(15)14(17)13(16)8-11/h7-10,18H,5-6H2,1-4H3. The van der Waals surface area contributed by atoms with Crippen molar-refractivity contribution >= 4 is 8.32 Å². The Morgan fingerprint density at radius 2 is 1.42 bits per heavy atom. The fourth-order valence-corrected chi connectivity index (χ4v) is 5.52. The molecule has 0 bridgehead atoms. The van der Waals surface area contributed by atoms with Gasteiger partial charge in [-0.2, -0.15) is 0 Å². The number of hydrogen-bond acceptors (Lipinski definition) is 1. The summed E-state index contributed by atoms with van der Waals surface area (Å²) in [6, 6.07) is 2.54. The molecule has 0 heterocycles. The van der Waals surface area contributed by atoms with Crippen molar-refractivity contribution < 1.29 is 18.0 Å². The molecule has 1 aromatic rings. The predicted octanol–water partition coefficient (Wildman–Crippen LogP) is 4.40. The molecule has 0 aliphatic rings. The number of halogens is 3. The lowest BCUT2D eigenvalue weighted by Gasteiger charge is -2.33. The maximum atomic E-state index is 13.1. The van der Waals surface area contributed by atoms with Crippen LogP contribution >= 0.6 is 0 Å². The molecule has 0 atom stereocenters. The van der Waals surface area contributed by atoms with E-state index in [0.717, 1.165) is 12.1 Å². The fraction of sp³-hybridized carbons (Fsp3) is 0.571. The van der Waals surface area contributed by atoms with E-state index < -0.39 is 25.8 Å². The summed E-state index contributed by atoms with van der Waals surface area (Å²) in [7, 11) is -2.47. The van der Waals surface area contributed by atoms with Crippen LogP contribution in [0.25, 0.3) is 0 Å². The third kappa shape index (κ3) is 3.60. The smallest absolute Gasteiger partial charge is 0.194 e. The van der Waals surface area contributed by atoms with E-state index in [2.05, 4.69) is 0 Å². The van der Waals surface area contributed by atoms with Crippen LogP contribution in [-0.4, -0.2) is 13.1 Å². The summed E-state index contributed by atoms with van der Waals surface area (Å²) in [5.41, 5.74) is 0.730. The summed E-state index contributed by atoms with van der Waals surface area (Å²) < 4.78 is 39.1. The van der Waals surface area contributed by atoms with E-state index in [-0.39, 0.29) is 11.1 Å². The van der Waals surface area contributed by atoms with Gasteiger partial charge in [0.2, 0.25) is 0 Å². The van der Waals surface area contributed by atoms with Gasteiger partial charge in [-0.3, -0.25) is 0 Å². The van der Waals surface area contributed by atoms with Crippen molar-refractivity contribution in [2.24, 2.45) is 0 Å². The molecule has 0 radical (unpaired) electrons. The molecule has 1 nitrogen and oxygen atoms in total. The topological polar surface area (TPSA) is 20.2 Å². The molecule has 19 heavy (non-hydrogen) atoms. The first-order valence-electron chi connectivity index (χ1n) is 6.54. The van der Waals surface area contributed by atoms with Crippen molar-refractivity contribution in [1.82, 2.24) is 0 Å². The van der Waals surface area contributed by atoms with Crippen molar-refractivity contribution in [3.63, 3.8) is 0 Å². The average Bonchev–Trinajstić information content (AvgIpc) is 2.32. The monoisotopic (exact) mass is 290 g/mol. The first kappa shape index (κ1) is 16.2. The van der Waals surface area contributed by atoms with Crippen molar-refractivity contribution in [3.05, 3.63) is 35.1 Å². The Bertz CT molecular complexity index is 415. The van der Waals surface area contributed by atoms with Gasteiger partial charge in [0.25, 0.3) is 0 Å². The number of aryl methyl sites for hydroxylation is 1. The van der Waals surface area contributed by atoms with Gasteiger partial charge in [0.05, 0.1) is 0 Å². The molecule has 0 aromatic heterocycles. The van der Waals surface area contributed by atoms with Crippen LogP contribution in [-0.2, 0) is 6.42 Å². The molecule has 1 aromatic carbocycles. The third-order valence-corrected chi connectivity index (χ3v) is 8.91. The summed E-state index contributed by atoms with van der Waals surface area (Å²) >= 11 is 0. The van der Waals surface area contributed by atoms with Gasteiger partial charge < -0.3 is 4.80 Å². The zero-order valence-electron chi connectivity index (χ0n) is 11.8. The van der Waals surface area contributed by atoms with Crippen LogP contribution in [0.2, 0.25) is 17.1 Å². The highest BCUT2D eigenvalue weighted by Crippen LogP contribution is 2.34. The molecule has 0 saturated carbocycles. The highest BCUT2D eigenvalue weighted by atomic mass is 28.4. The van der Waals surface area contributed by atoms with E-state index in [1.54, 1.807) is 0 Å². The van der Waals surface area contributed by atoms with E-state index in [1.807, 2.05) is 27.7 Å². The lowest BCUT2D eigenvalue weighted by atomic mass is 10.1. The average molecular weight is 290 g/mol. The molecule has 0 amide bonds. The van der Waals surface area contributed by atoms with Crippen LogP contribution in [0.3, 0.4) is 0 Å². The second kappa shape index (κ2) is 6.09. The Morgan fingerprint density at radius 1 is 1.00 bits per heavy atom. The first-order chi connectivity index (χ1) is 8.68. The van der Waals surface area contributed by atoms with Crippen LogP contribution in [0.4, 0.5) is 13.2 Å². The SMILES string of the molecule is CC(C)[Si](O)(CCc1cc(F)c(F)c(F)c1)C(C)C. The van der Waals surface area contributed by atoms with Gasteiger partial charge >= 0.3 is 0 Å². The van der Waals surface area contributed by atoms with Crippen LogP contribution in [0.15, 0.2) is 12.1 Å². The summed E-state index contributed by atoms with van der Waals surface area (Å²) in [6.45, 7) is 7.88. The Balaban J connectivity index is 2.87. The molecule has 0 aliphatic carbocycles. The number of rotatable bonds is 5. The van der Waals surface area contributed by atoms with E-state index in [0.29, 0.717) is 18.0 Å². The second-order valence-corrected chi connectivity index (χ2v) is 10.5. The van der Waals surface area contributed by atoms with Crippen LogP contribution < -0.4 is 0 Å². The largest absolute Gasteiger partial charge is 0.431 e. The fourth-order valence-electron chi connectivity index (χ4n) is 2.34. The van der Waals surface area contributed by atoms with Gasteiger partial charge in [-0.15, -0.1) is 0 Å². The molecule has 0 aliphatic heterocycles. The highest BCUT2D eigenvalue weighted by Gasteiger charge is 2.37. The quantitative estimate of drug-likeness (QED) is 0.629. The maximum Gasteiger partial charge on any atom is 0.194 e. The van der Waals surface area contributed by atoms with E-state index in [9.17, 15) is 18.0 Å². The molecule has 1 rings (SSSR count). The van der Waals surface area contributed by atoms with Crippen LogP contribution in [0, 0.1) is 17.5 Å². The van der Waals surface area contributed by atoms with Crippen molar-refractivity contribution in [3.8, 4) is 0 Å². The minimum absolute atomic E-state index is 0.169. The van der Waals surface area contributed by atoms with Gasteiger partial charge in [0.1, 0.15) is 0 Å². The van der Waals surface area contributed by atoms with Gasteiger partial charge in [0, 0.05) is 0 Å².